The van der Waals surface area contributed by atoms with Crippen LogP contribution in [-0.2, 0) is 0 Å². The quantitative estimate of drug-likeness (QED) is 0.726. The second kappa shape index (κ2) is 4.76. The SMILES string of the molecule is C[C@@H]1C[C@H](C)CN(c2ncc(Cl)c(Cl)n2)C1. The first-order valence-corrected chi connectivity index (χ1v) is 6.25. The Morgan fingerprint density at radius 3 is 2.44 bits per heavy atom. The second-order valence-electron chi connectivity index (χ2n) is 4.66. The number of hydrogen-bond acceptors (Lipinski definition) is 3. The van der Waals surface area contributed by atoms with Gasteiger partial charge in [0.15, 0.2) is 5.15 Å². The van der Waals surface area contributed by atoms with E-state index in [0.717, 1.165) is 13.1 Å². The van der Waals surface area contributed by atoms with Gasteiger partial charge in [-0.15, -0.1) is 0 Å². The third-order valence-electron chi connectivity index (χ3n) is 2.84. The summed E-state index contributed by atoms with van der Waals surface area (Å²) in [6, 6.07) is 0. The van der Waals surface area contributed by atoms with E-state index in [4.69, 9.17) is 23.2 Å². The number of anilines is 1. The number of piperidine rings is 1. The summed E-state index contributed by atoms with van der Waals surface area (Å²) in [5, 5.41) is 0.737. The van der Waals surface area contributed by atoms with E-state index in [1.807, 2.05) is 0 Å². The topological polar surface area (TPSA) is 29.0 Å². The zero-order chi connectivity index (χ0) is 11.7. The molecule has 16 heavy (non-hydrogen) atoms. The van der Waals surface area contributed by atoms with Crippen LogP contribution in [0, 0.1) is 11.8 Å². The summed E-state index contributed by atoms with van der Waals surface area (Å²) in [4.78, 5) is 10.6. The van der Waals surface area contributed by atoms with E-state index in [2.05, 4.69) is 28.7 Å². The fraction of sp³-hybridized carbons (Fsp3) is 0.636. The molecule has 1 aromatic heterocycles. The Labute approximate surface area is 106 Å². The molecule has 0 N–H and O–H groups in total. The summed E-state index contributed by atoms with van der Waals surface area (Å²) in [5.74, 6) is 2.02. The van der Waals surface area contributed by atoms with Gasteiger partial charge < -0.3 is 4.90 Å². The Bertz CT molecular complexity index is 373. The lowest BCUT2D eigenvalue weighted by molar-refractivity contribution is 0.353. The lowest BCUT2D eigenvalue weighted by Crippen LogP contribution is -2.39. The van der Waals surface area contributed by atoms with Gasteiger partial charge in [-0.2, -0.15) is 4.98 Å². The minimum Gasteiger partial charge on any atom is -0.340 e. The van der Waals surface area contributed by atoms with E-state index < -0.39 is 0 Å². The maximum atomic E-state index is 5.90. The van der Waals surface area contributed by atoms with Crippen LogP contribution in [0.2, 0.25) is 10.2 Å². The summed E-state index contributed by atoms with van der Waals surface area (Å²) in [7, 11) is 0. The Kier molecular flexibility index (Phi) is 3.55. The van der Waals surface area contributed by atoms with Crippen LogP contribution in [0.15, 0.2) is 6.20 Å². The number of rotatable bonds is 1. The number of aromatic nitrogens is 2. The van der Waals surface area contributed by atoms with Crippen molar-refractivity contribution in [3.05, 3.63) is 16.4 Å². The van der Waals surface area contributed by atoms with Crippen molar-refractivity contribution in [3.8, 4) is 0 Å². The Balaban J connectivity index is 2.19. The summed E-state index contributed by atoms with van der Waals surface area (Å²) < 4.78 is 0. The fourth-order valence-electron chi connectivity index (χ4n) is 2.32. The predicted octanol–water partition coefficient (Wildman–Crippen LogP) is 3.27. The van der Waals surface area contributed by atoms with Crippen LogP contribution in [0.25, 0.3) is 0 Å². The van der Waals surface area contributed by atoms with Gasteiger partial charge in [0, 0.05) is 13.1 Å². The minimum atomic E-state index is 0.331. The molecule has 0 aliphatic carbocycles. The van der Waals surface area contributed by atoms with Crippen LogP contribution < -0.4 is 4.90 Å². The Morgan fingerprint density at radius 1 is 1.25 bits per heavy atom. The highest BCUT2D eigenvalue weighted by molar-refractivity contribution is 6.41. The highest BCUT2D eigenvalue weighted by atomic mass is 35.5. The molecule has 1 fully saturated rings. The lowest BCUT2D eigenvalue weighted by atomic mass is 9.92. The van der Waals surface area contributed by atoms with Crippen LogP contribution in [0.5, 0.6) is 0 Å². The van der Waals surface area contributed by atoms with E-state index >= 15 is 0 Å². The normalized spacial score (nSPS) is 25.9. The summed E-state index contributed by atoms with van der Waals surface area (Å²) >= 11 is 11.7. The summed E-state index contributed by atoms with van der Waals surface area (Å²) in [6.07, 6.45) is 2.83. The van der Waals surface area contributed by atoms with Crippen molar-refractivity contribution in [3.63, 3.8) is 0 Å². The maximum Gasteiger partial charge on any atom is 0.226 e. The van der Waals surface area contributed by atoms with Gasteiger partial charge in [0.1, 0.15) is 0 Å². The standard InChI is InChI=1S/C11H15Cl2N3/c1-7-3-8(2)6-16(5-7)11-14-4-9(12)10(13)15-11/h4,7-8H,3,5-6H2,1-2H3/t7-,8+. The van der Waals surface area contributed by atoms with Crippen molar-refractivity contribution in [2.45, 2.75) is 20.3 Å². The molecule has 1 aliphatic rings. The van der Waals surface area contributed by atoms with Gasteiger partial charge in [0.2, 0.25) is 5.95 Å². The van der Waals surface area contributed by atoms with Gasteiger partial charge in [-0.3, -0.25) is 0 Å². The number of halogens is 2. The molecule has 0 unspecified atom stereocenters. The van der Waals surface area contributed by atoms with Crippen molar-refractivity contribution < 1.29 is 0 Å². The first-order valence-electron chi connectivity index (χ1n) is 5.49. The summed E-state index contributed by atoms with van der Waals surface area (Å²) in [5.41, 5.74) is 0. The van der Waals surface area contributed by atoms with E-state index in [1.54, 1.807) is 6.20 Å². The third-order valence-corrected chi connectivity index (χ3v) is 3.50. The molecular formula is C11H15Cl2N3. The average molecular weight is 260 g/mol. The van der Waals surface area contributed by atoms with Crippen molar-refractivity contribution in [2.24, 2.45) is 11.8 Å². The molecule has 0 saturated carbocycles. The third kappa shape index (κ3) is 2.58. The largest absolute Gasteiger partial charge is 0.340 e. The fourth-order valence-corrected chi connectivity index (χ4v) is 2.53. The van der Waals surface area contributed by atoms with Crippen LogP contribution in [-0.4, -0.2) is 23.1 Å². The van der Waals surface area contributed by atoms with Crippen LogP contribution in [0.1, 0.15) is 20.3 Å². The maximum absolute atomic E-state index is 5.90. The van der Waals surface area contributed by atoms with Crippen molar-refractivity contribution in [1.82, 2.24) is 9.97 Å². The van der Waals surface area contributed by atoms with Crippen molar-refractivity contribution in [2.75, 3.05) is 18.0 Å². The first kappa shape index (κ1) is 11.9. The van der Waals surface area contributed by atoms with E-state index in [9.17, 15) is 0 Å². The molecule has 1 saturated heterocycles. The molecule has 1 aromatic rings. The van der Waals surface area contributed by atoms with E-state index in [-0.39, 0.29) is 0 Å². The predicted molar refractivity (Wildman–Crippen MR) is 67.2 cm³/mol. The van der Waals surface area contributed by atoms with Crippen molar-refractivity contribution >= 4 is 29.2 Å². The molecule has 0 amide bonds. The zero-order valence-electron chi connectivity index (χ0n) is 9.45. The molecular weight excluding hydrogens is 245 g/mol. The molecule has 0 spiro atoms. The van der Waals surface area contributed by atoms with Gasteiger partial charge in [0.25, 0.3) is 0 Å². The first-order chi connectivity index (χ1) is 7.56. The molecule has 0 aromatic carbocycles. The monoisotopic (exact) mass is 259 g/mol. The molecule has 0 radical (unpaired) electrons. The van der Waals surface area contributed by atoms with Gasteiger partial charge in [-0.05, 0) is 18.3 Å². The van der Waals surface area contributed by atoms with Crippen molar-refractivity contribution in [1.29, 1.82) is 0 Å². The van der Waals surface area contributed by atoms with Crippen LogP contribution >= 0.6 is 23.2 Å². The van der Waals surface area contributed by atoms with Crippen LogP contribution in [0.4, 0.5) is 5.95 Å². The number of hydrogen-bond donors (Lipinski definition) is 0. The van der Waals surface area contributed by atoms with Gasteiger partial charge in [-0.1, -0.05) is 37.0 Å². The average Bonchev–Trinajstić information content (AvgIpc) is 2.20. The molecule has 0 bridgehead atoms. The number of nitrogens with zero attached hydrogens (tertiary/aromatic N) is 3. The zero-order valence-corrected chi connectivity index (χ0v) is 11.0. The van der Waals surface area contributed by atoms with Gasteiger partial charge in [0.05, 0.1) is 11.2 Å². The highest BCUT2D eigenvalue weighted by Crippen LogP contribution is 2.26. The highest BCUT2D eigenvalue weighted by Gasteiger charge is 2.23. The molecule has 3 nitrogen and oxygen atoms in total. The summed E-state index contributed by atoms with van der Waals surface area (Å²) in [6.45, 7) is 6.48. The van der Waals surface area contributed by atoms with E-state index in [0.29, 0.717) is 28.0 Å². The van der Waals surface area contributed by atoms with Crippen LogP contribution in [0.3, 0.4) is 0 Å². The van der Waals surface area contributed by atoms with Gasteiger partial charge >= 0.3 is 0 Å². The molecule has 88 valence electrons. The molecule has 2 heterocycles. The lowest BCUT2D eigenvalue weighted by Gasteiger charge is -2.34. The molecule has 1 aliphatic heterocycles. The second-order valence-corrected chi connectivity index (χ2v) is 5.42. The Morgan fingerprint density at radius 2 is 1.88 bits per heavy atom. The minimum absolute atomic E-state index is 0.331. The molecule has 5 heteroatoms. The Hall–Kier alpha value is -0.540. The smallest absolute Gasteiger partial charge is 0.226 e. The molecule has 2 rings (SSSR count). The van der Waals surface area contributed by atoms with E-state index in [1.165, 1.54) is 6.42 Å². The van der Waals surface area contributed by atoms with Gasteiger partial charge in [-0.25, -0.2) is 4.98 Å². The molecule has 2 atom stereocenters.